The van der Waals surface area contributed by atoms with E-state index in [1.165, 1.54) is 18.0 Å². The third-order valence-electron chi connectivity index (χ3n) is 5.86. The van der Waals surface area contributed by atoms with Gasteiger partial charge in [-0.05, 0) is 47.5 Å². The van der Waals surface area contributed by atoms with Crippen molar-refractivity contribution in [3.63, 3.8) is 0 Å². The maximum Gasteiger partial charge on any atom is 0.326 e. The molecule has 1 saturated carbocycles. The number of aromatic amines is 1. The highest BCUT2D eigenvalue weighted by atomic mass is 32.2. The number of thiazole rings is 1. The van der Waals surface area contributed by atoms with Crippen molar-refractivity contribution >= 4 is 55.7 Å². The van der Waals surface area contributed by atoms with Crippen LogP contribution in [0.15, 0.2) is 62.9 Å². The number of hydrogen-bond acceptors (Lipinski definition) is 11. The van der Waals surface area contributed by atoms with Gasteiger partial charge in [0, 0.05) is 22.8 Å². The second-order valence-corrected chi connectivity index (χ2v) is 12.5. The first kappa shape index (κ1) is 25.9. The monoisotopic (exact) mass is 570 g/mol. The van der Waals surface area contributed by atoms with Crippen LogP contribution >= 0.6 is 23.1 Å². The molecule has 1 aliphatic carbocycles. The van der Waals surface area contributed by atoms with Crippen LogP contribution in [0, 0.1) is 5.92 Å². The summed E-state index contributed by atoms with van der Waals surface area (Å²) in [5.41, 5.74) is 0.584. The lowest BCUT2D eigenvalue weighted by Gasteiger charge is -2.12. The number of aromatic nitrogens is 6. The number of H-pyrrole nitrogens is 1. The van der Waals surface area contributed by atoms with Crippen molar-refractivity contribution in [2.24, 2.45) is 5.92 Å². The maximum atomic E-state index is 13.2. The van der Waals surface area contributed by atoms with Crippen LogP contribution in [0.25, 0.3) is 0 Å². The fourth-order valence-corrected chi connectivity index (χ4v) is 7.64. The van der Waals surface area contributed by atoms with E-state index in [1.54, 1.807) is 12.1 Å². The summed E-state index contributed by atoms with van der Waals surface area (Å²) >= 11 is 2.18. The quantitative estimate of drug-likeness (QED) is 0.196. The predicted molar refractivity (Wildman–Crippen MR) is 141 cm³/mol. The number of thioether (sulfide) groups is 1. The molecular weight excluding hydrogens is 549 g/mol. The van der Waals surface area contributed by atoms with Crippen molar-refractivity contribution in [2.45, 2.75) is 45.7 Å². The Labute approximate surface area is 226 Å². The van der Waals surface area contributed by atoms with Gasteiger partial charge >= 0.3 is 6.03 Å². The van der Waals surface area contributed by atoms with Crippen LogP contribution < -0.4 is 10.6 Å². The summed E-state index contributed by atoms with van der Waals surface area (Å²) in [5.74, 6) is 0.235. The maximum absolute atomic E-state index is 13.2. The van der Waals surface area contributed by atoms with Gasteiger partial charge in [0.05, 0.1) is 11.3 Å². The number of anilines is 2. The van der Waals surface area contributed by atoms with Crippen molar-refractivity contribution in [3.8, 4) is 0 Å². The number of nitrogens with zero attached hydrogens (tertiary/aromatic N) is 5. The van der Waals surface area contributed by atoms with Crippen molar-refractivity contribution in [2.75, 3.05) is 10.6 Å². The Morgan fingerprint density at radius 2 is 1.87 bits per heavy atom. The number of benzene rings is 1. The summed E-state index contributed by atoms with van der Waals surface area (Å²) in [6.07, 6.45) is 5.13. The largest absolute Gasteiger partial charge is 0.326 e. The molecule has 12 nitrogen and oxygen atoms in total. The molecule has 5 rings (SSSR count). The topological polar surface area (TPSA) is 173 Å². The molecule has 0 aliphatic heterocycles. The third-order valence-corrected chi connectivity index (χ3v) is 10.0. The lowest BCUT2D eigenvalue weighted by Crippen LogP contribution is -2.23. The number of pyridine rings is 1. The van der Waals surface area contributed by atoms with E-state index in [2.05, 4.69) is 41.2 Å². The van der Waals surface area contributed by atoms with E-state index in [0.717, 1.165) is 41.9 Å². The van der Waals surface area contributed by atoms with Gasteiger partial charge in [-0.25, -0.2) is 28.3 Å². The zero-order valence-corrected chi connectivity index (χ0v) is 22.3. The molecule has 15 heteroatoms. The van der Waals surface area contributed by atoms with Crippen molar-refractivity contribution in [1.82, 2.24) is 30.6 Å². The van der Waals surface area contributed by atoms with Crippen molar-refractivity contribution in [1.29, 1.82) is 0 Å². The lowest BCUT2D eigenvalue weighted by atomic mass is 9.97. The van der Waals surface area contributed by atoms with Crippen LogP contribution in [-0.4, -0.2) is 50.8 Å². The first-order chi connectivity index (χ1) is 18.4. The Bertz CT molecular complexity index is 1540. The normalized spacial score (nSPS) is 13.9. The average Bonchev–Trinajstić information content (AvgIpc) is 3.71. The van der Waals surface area contributed by atoms with Crippen LogP contribution in [0.3, 0.4) is 0 Å². The molecule has 196 valence electrons. The molecule has 4 aromatic rings. The molecular formula is C23H22N8O4S3. The summed E-state index contributed by atoms with van der Waals surface area (Å²) < 4.78 is 26.3. The summed E-state index contributed by atoms with van der Waals surface area (Å²) in [6.45, 7) is 0. The van der Waals surface area contributed by atoms with Crippen LogP contribution in [0.5, 0.6) is 0 Å². The van der Waals surface area contributed by atoms with Crippen LogP contribution in [-0.2, 0) is 15.6 Å². The van der Waals surface area contributed by atoms with Gasteiger partial charge in [0.15, 0.2) is 15.1 Å². The SMILES string of the molecule is O=C(Nc1nc(CSc2ccccc2)c(S(=O)(=O)c2nnn[nH]2)s1)Nc1ncccc1C(=O)C1CCCC1. The average molecular weight is 571 g/mol. The molecule has 0 spiro atoms. The first-order valence-electron chi connectivity index (χ1n) is 11.7. The van der Waals surface area contributed by atoms with E-state index in [0.29, 0.717) is 5.56 Å². The lowest BCUT2D eigenvalue weighted by molar-refractivity contribution is 0.0923. The number of carbonyl (C=O) groups is 2. The third kappa shape index (κ3) is 5.74. The summed E-state index contributed by atoms with van der Waals surface area (Å²) in [5, 5.41) is 17.3. The van der Waals surface area contributed by atoms with Crippen LogP contribution in [0.4, 0.5) is 15.7 Å². The Kier molecular flexibility index (Phi) is 7.76. The van der Waals surface area contributed by atoms with Gasteiger partial charge in [-0.15, -0.1) is 11.8 Å². The van der Waals surface area contributed by atoms with Gasteiger partial charge in [0.2, 0.25) is 0 Å². The molecule has 2 amide bonds. The highest BCUT2D eigenvalue weighted by molar-refractivity contribution is 7.98. The van der Waals surface area contributed by atoms with E-state index >= 15 is 0 Å². The van der Waals surface area contributed by atoms with Gasteiger partial charge in [-0.2, -0.15) is 0 Å². The molecule has 0 atom stereocenters. The van der Waals surface area contributed by atoms with Crippen molar-refractivity contribution < 1.29 is 18.0 Å². The van der Waals surface area contributed by atoms with Crippen LogP contribution in [0.1, 0.15) is 41.7 Å². The van der Waals surface area contributed by atoms with Gasteiger partial charge < -0.3 is 0 Å². The summed E-state index contributed by atoms with van der Waals surface area (Å²) in [4.78, 5) is 35.3. The zero-order chi connectivity index (χ0) is 26.5. The van der Waals surface area contributed by atoms with Gasteiger partial charge in [0.1, 0.15) is 5.82 Å². The molecule has 3 aromatic heterocycles. The molecule has 3 heterocycles. The summed E-state index contributed by atoms with van der Waals surface area (Å²) in [7, 11) is -4.11. The Morgan fingerprint density at radius 3 is 2.61 bits per heavy atom. The molecule has 0 radical (unpaired) electrons. The van der Waals surface area contributed by atoms with Gasteiger partial charge in [-0.1, -0.05) is 47.5 Å². The van der Waals surface area contributed by atoms with E-state index < -0.39 is 21.0 Å². The molecule has 1 aliphatic rings. The number of carbonyl (C=O) groups excluding carboxylic acids is 2. The fourth-order valence-electron chi connectivity index (χ4n) is 4.06. The Morgan fingerprint density at radius 1 is 1.08 bits per heavy atom. The minimum atomic E-state index is -4.11. The minimum absolute atomic E-state index is 0.0468. The van der Waals surface area contributed by atoms with Crippen LogP contribution in [0.2, 0.25) is 0 Å². The second kappa shape index (κ2) is 11.4. The first-order valence-corrected chi connectivity index (χ1v) is 14.9. The second-order valence-electron chi connectivity index (χ2n) is 8.39. The Hall–Kier alpha value is -3.69. The smallest absolute Gasteiger partial charge is 0.294 e. The van der Waals surface area contributed by atoms with E-state index in [-0.39, 0.29) is 38.3 Å². The van der Waals surface area contributed by atoms with Gasteiger partial charge in [-0.3, -0.25) is 15.4 Å². The number of nitrogens with one attached hydrogen (secondary N) is 3. The number of rotatable bonds is 9. The summed E-state index contributed by atoms with van der Waals surface area (Å²) in [6, 6.07) is 12.0. The van der Waals surface area contributed by atoms with E-state index in [4.69, 9.17) is 0 Å². The minimum Gasteiger partial charge on any atom is -0.294 e. The molecule has 1 aromatic carbocycles. The molecule has 0 bridgehead atoms. The number of urea groups is 1. The molecule has 0 saturated heterocycles. The zero-order valence-electron chi connectivity index (χ0n) is 19.8. The van der Waals surface area contributed by atoms with Crippen molar-refractivity contribution in [3.05, 3.63) is 59.9 Å². The molecule has 1 fully saturated rings. The molecule has 38 heavy (non-hydrogen) atoms. The molecule has 0 unspecified atom stereocenters. The predicted octanol–water partition coefficient (Wildman–Crippen LogP) is 4.19. The van der Waals surface area contributed by atoms with E-state index in [1.807, 2.05) is 30.3 Å². The number of tetrazole rings is 1. The number of sulfone groups is 1. The highest BCUT2D eigenvalue weighted by Gasteiger charge is 2.30. The standard InChI is InChI=1S/C23H22N8O4S3/c32-18(14-7-4-5-8-14)16-11-6-12-24-19(16)26-21(33)27-22-25-17(13-36-15-9-2-1-3-10-15)20(37-22)38(34,35)23-28-30-31-29-23/h1-3,6,9-12,14H,4-5,7-8,13H2,(H,28,29,30,31)(H2,24,25,26,27,33). The van der Waals surface area contributed by atoms with E-state index in [9.17, 15) is 18.0 Å². The number of amides is 2. The highest BCUT2D eigenvalue weighted by Crippen LogP contribution is 2.35. The fraction of sp³-hybridized carbons (Fsp3) is 0.261. The number of ketones is 1. The number of Topliss-reactive ketones (excluding diaryl/α,β-unsaturated/α-hetero) is 1. The number of hydrogen-bond donors (Lipinski definition) is 3. The molecule has 3 N–H and O–H groups in total. The Balaban J connectivity index is 1.37. The van der Waals surface area contributed by atoms with Gasteiger partial charge in [0.25, 0.3) is 15.0 Å².